The van der Waals surface area contributed by atoms with E-state index in [0.29, 0.717) is 5.92 Å². The van der Waals surface area contributed by atoms with Crippen LogP contribution in [0.3, 0.4) is 0 Å². The Morgan fingerprint density at radius 3 is 2.42 bits per heavy atom. The van der Waals surface area contributed by atoms with Gasteiger partial charge in [0.05, 0.1) is 0 Å². The monoisotopic (exact) mass is 167 g/mol. The lowest BCUT2D eigenvalue weighted by molar-refractivity contribution is 0.828. The van der Waals surface area contributed by atoms with Gasteiger partial charge in [-0.2, -0.15) is 0 Å². The summed E-state index contributed by atoms with van der Waals surface area (Å²) in [4.78, 5) is 4.44. The van der Waals surface area contributed by atoms with Crippen LogP contribution in [0, 0.1) is 5.92 Å². The average molecular weight is 167 g/mol. The van der Waals surface area contributed by atoms with Crippen molar-refractivity contribution in [3.05, 3.63) is 12.3 Å². The van der Waals surface area contributed by atoms with Gasteiger partial charge in [0.25, 0.3) is 0 Å². The van der Waals surface area contributed by atoms with Crippen molar-refractivity contribution in [2.45, 2.75) is 47.0 Å². The van der Waals surface area contributed by atoms with Crippen molar-refractivity contribution in [2.24, 2.45) is 10.9 Å². The zero-order valence-corrected chi connectivity index (χ0v) is 8.80. The number of hydrogen-bond donors (Lipinski definition) is 0. The molecule has 0 spiro atoms. The Hall–Kier alpha value is -0.590. The van der Waals surface area contributed by atoms with Crippen LogP contribution in [0.25, 0.3) is 0 Å². The van der Waals surface area contributed by atoms with Gasteiger partial charge in [-0.25, -0.2) is 0 Å². The highest BCUT2D eigenvalue weighted by molar-refractivity contribution is 5.86. The van der Waals surface area contributed by atoms with Gasteiger partial charge in [-0.05, 0) is 18.8 Å². The highest BCUT2D eigenvalue weighted by atomic mass is 14.7. The van der Waals surface area contributed by atoms with Crippen molar-refractivity contribution in [2.75, 3.05) is 0 Å². The molecule has 0 heterocycles. The maximum Gasteiger partial charge on any atom is 0.0227 e. The van der Waals surface area contributed by atoms with E-state index in [1.165, 1.54) is 12.1 Å². The Bertz CT molecular complexity index is 154. The number of rotatable bonds is 5. The first-order chi connectivity index (χ1) is 5.72. The molecule has 0 bridgehead atoms. The quantitative estimate of drug-likeness (QED) is 0.552. The van der Waals surface area contributed by atoms with Gasteiger partial charge in [0.2, 0.25) is 0 Å². The standard InChI is InChI=1S/C11H21N/c1-5-7-9-12-11(8-6-2)10(3)4/h7,9-10H,5-6,8H2,1-4H3/b9-7-,12-11-. The van der Waals surface area contributed by atoms with Crippen LogP contribution in [-0.4, -0.2) is 5.71 Å². The zero-order chi connectivity index (χ0) is 9.40. The molecule has 0 fully saturated rings. The minimum absolute atomic E-state index is 0.589. The van der Waals surface area contributed by atoms with Crippen LogP contribution in [0.4, 0.5) is 0 Å². The third-order valence-electron chi connectivity index (χ3n) is 1.75. The average Bonchev–Trinajstić information content (AvgIpc) is 2.03. The second-order valence-electron chi connectivity index (χ2n) is 3.32. The largest absolute Gasteiger partial charge is 0.266 e. The third kappa shape index (κ3) is 5.11. The van der Waals surface area contributed by atoms with E-state index in [0.717, 1.165) is 12.8 Å². The Morgan fingerprint density at radius 1 is 1.33 bits per heavy atom. The molecule has 0 aliphatic carbocycles. The number of nitrogens with zero attached hydrogens (tertiary/aromatic N) is 1. The van der Waals surface area contributed by atoms with E-state index in [1.54, 1.807) is 0 Å². The molecule has 0 atom stereocenters. The van der Waals surface area contributed by atoms with Crippen molar-refractivity contribution >= 4 is 5.71 Å². The molecule has 0 aromatic carbocycles. The van der Waals surface area contributed by atoms with Crippen molar-refractivity contribution < 1.29 is 0 Å². The van der Waals surface area contributed by atoms with Crippen molar-refractivity contribution in [3.8, 4) is 0 Å². The van der Waals surface area contributed by atoms with E-state index >= 15 is 0 Å². The van der Waals surface area contributed by atoms with Gasteiger partial charge >= 0.3 is 0 Å². The van der Waals surface area contributed by atoms with Gasteiger partial charge in [-0.15, -0.1) is 0 Å². The van der Waals surface area contributed by atoms with Gasteiger partial charge in [-0.3, -0.25) is 4.99 Å². The predicted molar refractivity (Wildman–Crippen MR) is 56.6 cm³/mol. The zero-order valence-electron chi connectivity index (χ0n) is 8.80. The summed E-state index contributed by atoms with van der Waals surface area (Å²) in [5.41, 5.74) is 1.32. The summed E-state index contributed by atoms with van der Waals surface area (Å²) in [5.74, 6) is 0.589. The first-order valence-corrected chi connectivity index (χ1v) is 4.93. The van der Waals surface area contributed by atoms with E-state index in [2.05, 4.69) is 38.8 Å². The van der Waals surface area contributed by atoms with E-state index in [9.17, 15) is 0 Å². The van der Waals surface area contributed by atoms with Gasteiger partial charge in [-0.1, -0.05) is 40.2 Å². The van der Waals surface area contributed by atoms with Crippen molar-refractivity contribution in [1.29, 1.82) is 0 Å². The minimum atomic E-state index is 0.589. The maximum absolute atomic E-state index is 4.44. The van der Waals surface area contributed by atoms with E-state index in [-0.39, 0.29) is 0 Å². The first-order valence-electron chi connectivity index (χ1n) is 4.93. The summed E-state index contributed by atoms with van der Waals surface area (Å²) in [6.45, 7) is 8.73. The fourth-order valence-corrected chi connectivity index (χ4v) is 1.01. The molecule has 12 heavy (non-hydrogen) atoms. The SMILES string of the molecule is CC/C=C\N=C(\CCC)C(C)C. The molecular formula is C11H21N. The second kappa shape index (κ2) is 7.08. The fourth-order valence-electron chi connectivity index (χ4n) is 1.01. The van der Waals surface area contributed by atoms with Gasteiger partial charge in [0, 0.05) is 11.9 Å². The maximum atomic E-state index is 4.44. The summed E-state index contributed by atoms with van der Waals surface area (Å²) >= 11 is 0. The molecule has 1 heteroatoms. The molecule has 0 saturated heterocycles. The topological polar surface area (TPSA) is 12.4 Å². The lowest BCUT2D eigenvalue weighted by Crippen LogP contribution is -2.05. The molecule has 0 saturated carbocycles. The lowest BCUT2D eigenvalue weighted by Gasteiger charge is -2.06. The van der Waals surface area contributed by atoms with Gasteiger partial charge in [0.1, 0.15) is 0 Å². The number of aliphatic imine (C=N–C) groups is 1. The molecule has 1 nitrogen and oxygen atoms in total. The fraction of sp³-hybridized carbons (Fsp3) is 0.727. The number of allylic oxidation sites excluding steroid dienone is 1. The highest BCUT2D eigenvalue weighted by Crippen LogP contribution is 2.04. The van der Waals surface area contributed by atoms with E-state index < -0.39 is 0 Å². The van der Waals surface area contributed by atoms with Crippen LogP contribution < -0.4 is 0 Å². The minimum Gasteiger partial charge on any atom is -0.266 e. The Kier molecular flexibility index (Phi) is 6.73. The van der Waals surface area contributed by atoms with Gasteiger partial charge < -0.3 is 0 Å². The lowest BCUT2D eigenvalue weighted by atomic mass is 10.0. The Labute approximate surface area is 76.6 Å². The van der Waals surface area contributed by atoms with Crippen LogP contribution >= 0.6 is 0 Å². The molecule has 70 valence electrons. The summed E-state index contributed by atoms with van der Waals surface area (Å²) in [5, 5.41) is 0. The Morgan fingerprint density at radius 2 is 2.00 bits per heavy atom. The van der Waals surface area contributed by atoms with Crippen LogP contribution in [0.2, 0.25) is 0 Å². The molecule has 0 aliphatic rings. The number of hydrogen-bond acceptors (Lipinski definition) is 1. The second-order valence-corrected chi connectivity index (χ2v) is 3.32. The van der Waals surface area contributed by atoms with Crippen LogP contribution in [0.15, 0.2) is 17.3 Å². The van der Waals surface area contributed by atoms with Crippen LogP contribution in [0.1, 0.15) is 47.0 Å². The smallest absolute Gasteiger partial charge is 0.0227 e. The molecule has 0 N–H and O–H groups in total. The molecule has 0 aromatic rings. The van der Waals surface area contributed by atoms with Gasteiger partial charge in [0.15, 0.2) is 0 Å². The summed E-state index contributed by atoms with van der Waals surface area (Å²) in [6.07, 6.45) is 7.42. The predicted octanol–water partition coefficient (Wildman–Crippen LogP) is 3.81. The first kappa shape index (κ1) is 11.4. The highest BCUT2D eigenvalue weighted by Gasteiger charge is 2.01. The van der Waals surface area contributed by atoms with Crippen molar-refractivity contribution in [3.63, 3.8) is 0 Å². The van der Waals surface area contributed by atoms with E-state index in [4.69, 9.17) is 0 Å². The molecule has 0 unspecified atom stereocenters. The summed E-state index contributed by atoms with van der Waals surface area (Å²) in [6, 6.07) is 0. The summed E-state index contributed by atoms with van der Waals surface area (Å²) < 4.78 is 0. The molecule has 0 aromatic heterocycles. The molecule has 0 aliphatic heterocycles. The molecule has 0 radical (unpaired) electrons. The summed E-state index contributed by atoms with van der Waals surface area (Å²) in [7, 11) is 0. The molecular weight excluding hydrogens is 146 g/mol. The normalized spacial score (nSPS) is 13.2. The Balaban J connectivity index is 4.08. The van der Waals surface area contributed by atoms with E-state index in [1.807, 2.05) is 6.20 Å². The molecule has 0 amide bonds. The van der Waals surface area contributed by atoms with Crippen LogP contribution in [0.5, 0.6) is 0 Å². The van der Waals surface area contributed by atoms with Crippen molar-refractivity contribution in [1.82, 2.24) is 0 Å². The third-order valence-corrected chi connectivity index (χ3v) is 1.75. The van der Waals surface area contributed by atoms with Crippen LogP contribution in [-0.2, 0) is 0 Å². The molecule has 0 rings (SSSR count).